The molecule has 1 aromatic rings. The summed E-state index contributed by atoms with van der Waals surface area (Å²) in [7, 11) is 0. The zero-order chi connectivity index (χ0) is 13.1. The van der Waals surface area contributed by atoms with E-state index in [1.807, 2.05) is 26.0 Å². The number of benzene rings is 1. The highest BCUT2D eigenvalue weighted by Crippen LogP contribution is 2.14. The van der Waals surface area contributed by atoms with E-state index in [-0.39, 0.29) is 11.9 Å². The number of amides is 1. The van der Waals surface area contributed by atoms with E-state index in [9.17, 15) is 4.79 Å². The van der Waals surface area contributed by atoms with Crippen LogP contribution in [0.4, 0.5) is 0 Å². The van der Waals surface area contributed by atoms with Crippen molar-refractivity contribution in [3.8, 4) is 0 Å². The molecule has 0 bridgehead atoms. The van der Waals surface area contributed by atoms with Gasteiger partial charge in [0.25, 0.3) is 5.91 Å². The van der Waals surface area contributed by atoms with Gasteiger partial charge in [-0.3, -0.25) is 4.79 Å². The van der Waals surface area contributed by atoms with E-state index in [0.717, 1.165) is 30.6 Å². The number of nitrogens with one attached hydrogen (secondary N) is 2. The largest absolute Gasteiger partial charge is 0.348 e. The molecule has 3 heteroatoms. The molecule has 2 atom stereocenters. The summed E-state index contributed by atoms with van der Waals surface area (Å²) in [5, 5.41) is 6.47. The first-order valence-electron chi connectivity index (χ1n) is 6.67. The molecule has 0 spiro atoms. The Hall–Kier alpha value is -1.35. The lowest BCUT2D eigenvalue weighted by Crippen LogP contribution is -2.50. The minimum Gasteiger partial charge on any atom is -0.348 e. The van der Waals surface area contributed by atoms with Crippen molar-refractivity contribution in [2.24, 2.45) is 5.92 Å². The van der Waals surface area contributed by atoms with E-state index < -0.39 is 0 Å². The molecule has 0 unspecified atom stereocenters. The normalized spacial score (nSPS) is 23.7. The lowest BCUT2D eigenvalue weighted by molar-refractivity contribution is 0.0914. The van der Waals surface area contributed by atoms with E-state index in [2.05, 4.69) is 23.6 Å². The highest BCUT2D eigenvalue weighted by atomic mass is 16.1. The summed E-state index contributed by atoms with van der Waals surface area (Å²) in [4.78, 5) is 12.3. The zero-order valence-corrected chi connectivity index (χ0v) is 11.4. The van der Waals surface area contributed by atoms with Crippen molar-refractivity contribution in [3.05, 3.63) is 34.9 Å². The van der Waals surface area contributed by atoms with Crippen LogP contribution in [0.1, 0.15) is 34.8 Å². The van der Waals surface area contributed by atoms with Crippen molar-refractivity contribution in [2.45, 2.75) is 33.2 Å². The Bertz CT molecular complexity index is 442. The molecule has 2 rings (SSSR count). The summed E-state index contributed by atoms with van der Waals surface area (Å²) in [6.45, 7) is 8.16. The predicted octanol–water partition coefficient (Wildman–Crippen LogP) is 2.03. The van der Waals surface area contributed by atoms with Crippen LogP contribution in [-0.4, -0.2) is 25.0 Å². The van der Waals surface area contributed by atoms with E-state index >= 15 is 0 Å². The molecule has 0 radical (unpaired) electrons. The van der Waals surface area contributed by atoms with E-state index in [4.69, 9.17) is 0 Å². The molecule has 1 heterocycles. The number of hydrogen-bond donors (Lipinski definition) is 2. The molecular weight excluding hydrogens is 224 g/mol. The maximum atomic E-state index is 12.3. The Morgan fingerprint density at radius 3 is 2.83 bits per heavy atom. The predicted molar refractivity (Wildman–Crippen MR) is 73.8 cm³/mol. The first-order valence-corrected chi connectivity index (χ1v) is 6.67. The molecule has 0 aromatic heterocycles. The zero-order valence-electron chi connectivity index (χ0n) is 11.4. The number of carbonyl (C=O) groups excluding carboxylic acids is 1. The smallest absolute Gasteiger partial charge is 0.251 e. The SMILES string of the molecule is Cc1ccc(C(=O)N[C@@H]2CNCC[C@H]2C)c(C)c1. The number of hydrogen-bond acceptors (Lipinski definition) is 2. The molecule has 1 aromatic carbocycles. The number of aryl methyl sites for hydroxylation is 2. The first kappa shape index (κ1) is 13.1. The van der Waals surface area contributed by atoms with Crippen molar-refractivity contribution in [3.63, 3.8) is 0 Å². The Balaban J connectivity index is 2.07. The van der Waals surface area contributed by atoms with Crippen LogP contribution >= 0.6 is 0 Å². The van der Waals surface area contributed by atoms with Gasteiger partial charge in [0.05, 0.1) is 0 Å². The maximum absolute atomic E-state index is 12.3. The highest BCUT2D eigenvalue weighted by molar-refractivity contribution is 5.95. The van der Waals surface area contributed by atoms with Crippen molar-refractivity contribution < 1.29 is 4.79 Å². The fourth-order valence-electron chi connectivity index (χ4n) is 2.50. The average molecular weight is 246 g/mol. The van der Waals surface area contributed by atoms with Crippen LogP contribution in [0.5, 0.6) is 0 Å². The molecule has 1 amide bonds. The molecule has 2 N–H and O–H groups in total. The number of rotatable bonds is 2. The Morgan fingerprint density at radius 1 is 1.39 bits per heavy atom. The number of carbonyl (C=O) groups is 1. The monoisotopic (exact) mass is 246 g/mol. The third kappa shape index (κ3) is 2.91. The molecule has 3 nitrogen and oxygen atoms in total. The second-order valence-corrected chi connectivity index (χ2v) is 5.37. The van der Waals surface area contributed by atoms with Gasteiger partial charge >= 0.3 is 0 Å². The van der Waals surface area contributed by atoms with Crippen LogP contribution in [0.2, 0.25) is 0 Å². The van der Waals surface area contributed by atoms with Crippen molar-refractivity contribution >= 4 is 5.91 Å². The molecule has 18 heavy (non-hydrogen) atoms. The highest BCUT2D eigenvalue weighted by Gasteiger charge is 2.23. The third-order valence-electron chi connectivity index (χ3n) is 3.77. The second-order valence-electron chi connectivity index (χ2n) is 5.37. The van der Waals surface area contributed by atoms with Crippen LogP contribution in [0, 0.1) is 19.8 Å². The van der Waals surface area contributed by atoms with Gasteiger partial charge in [0.15, 0.2) is 0 Å². The minimum absolute atomic E-state index is 0.0491. The molecule has 0 aliphatic carbocycles. The summed E-state index contributed by atoms with van der Waals surface area (Å²) in [5.41, 5.74) is 3.03. The molecule has 98 valence electrons. The Morgan fingerprint density at radius 2 is 2.17 bits per heavy atom. The first-order chi connectivity index (χ1) is 8.58. The summed E-state index contributed by atoms with van der Waals surface area (Å²) in [5.74, 6) is 0.592. The van der Waals surface area contributed by atoms with Crippen LogP contribution in [0.25, 0.3) is 0 Å². The summed E-state index contributed by atoms with van der Waals surface area (Å²) >= 11 is 0. The fourth-order valence-corrected chi connectivity index (χ4v) is 2.50. The quantitative estimate of drug-likeness (QED) is 0.838. The topological polar surface area (TPSA) is 41.1 Å². The summed E-state index contributed by atoms with van der Waals surface area (Å²) in [6, 6.07) is 6.20. The van der Waals surface area contributed by atoms with Gasteiger partial charge in [-0.1, -0.05) is 24.6 Å². The maximum Gasteiger partial charge on any atom is 0.251 e. The van der Waals surface area contributed by atoms with Gasteiger partial charge in [-0.25, -0.2) is 0 Å². The molecule has 1 aliphatic heterocycles. The average Bonchev–Trinajstić information content (AvgIpc) is 2.32. The summed E-state index contributed by atoms with van der Waals surface area (Å²) in [6.07, 6.45) is 1.12. The molecule has 1 saturated heterocycles. The van der Waals surface area contributed by atoms with Gasteiger partial charge in [0.1, 0.15) is 0 Å². The molecular formula is C15H22N2O. The summed E-state index contributed by atoms with van der Waals surface area (Å²) < 4.78 is 0. The lowest BCUT2D eigenvalue weighted by Gasteiger charge is -2.30. The van der Waals surface area contributed by atoms with Crippen LogP contribution in [-0.2, 0) is 0 Å². The van der Waals surface area contributed by atoms with Crippen molar-refractivity contribution in [1.29, 1.82) is 0 Å². The number of piperidine rings is 1. The van der Waals surface area contributed by atoms with Crippen LogP contribution in [0.15, 0.2) is 18.2 Å². The molecule has 1 aliphatic rings. The van der Waals surface area contributed by atoms with Crippen LogP contribution < -0.4 is 10.6 Å². The van der Waals surface area contributed by atoms with Gasteiger partial charge in [-0.15, -0.1) is 0 Å². The Kier molecular flexibility index (Phi) is 4.02. The standard InChI is InChI=1S/C15H22N2O/c1-10-4-5-13(12(3)8-10)15(18)17-14-9-16-7-6-11(14)2/h4-5,8,11,14,16H,6-7,9H2,1-3H3,(H,17,18)/t11-,14-/m1/s1. The van der Waals surface area contributed by atoms with Crippen molar-refractivity contribution in [2.75, 3.05) is 13.1 Å². The van der Waals surface area contributed by atoms with Gasteiger partial charge in [-0.05, 0) is 44.4 Å². The fraction of sp³-hybridized carbons (Fsp3) is 0.533. The van der Waals surface area contributed by atoms with E-state index in [0.29, 0.717) is 5.92 Å². The van der Waals surface area contributed by atoms with Crippen molar-refractivity contribution in [1.82, 2.24) is 10.6 Å². The second kappa shape index (κ2) is 5.53. The third-order valence-corrected chi connectivity index (χ3v) is 3.77. The van der Waals surface area contributed by atoms with E-state index in [1.54, 1.807) is 0 Å². The molecule has 1 fully saturated rings. The van der Waals surface area contributed by atoms with E-state index in [1.165, 1.54) is 5.56 Å². The molecule has 0 saturated carbocycles. The van der Waals surface area contributed by atoms with Gasteiger partial charge < -0.3 is 10.6 Å². The van der Waals surface area contributed by atoms with Gasteiger partial charge in [-0.2, -0.15) is 0 Å². The van der Waals surface area contributed by atoms with Gasteiger partial charge in [0.2, 0.25) is 0 Å². The minimum atomic E-state index is 0.0491. The Labute approximate surface area is 109 Å². The lowest BCUT2D eigenvalue weighted by atomic mass is 9.94. The van der Waals surface area contributed by atoms with Crippen LogP contribution in [0.3, 0.4) is 0 Å². The van der Waals surface area contributed by atoms with Gasteiger partial charge in [0, 0.05) is 18.2 Å².